The van der Waals surface area contributed by atoms with Crippen LogP contribution < -0.4 is 0 Å². The molecule has 1 saturated heterocycles. The number of aliphatic hydroxyl groups is 2. The van der Waals surface area contributed by atoms with Crippen LogP contribution in [-0.4, -0.2) is 60.7 Å². The lowest BCUT2D eigenvalue weighted by molar-refractivity contribution is -0.304. The number of hydrogen-bond donors (Lipinski definition) is 2. The molecule has 0 saturated carbocycles. The summed E-state index contributed by atoms with van der Waals surface area (Å²) < 4.78 is 40.7. The fourth-order valence-corrected chi connectivity index (χ4v) is 5.04. The maximum Gasteiger partial charge on any atom is 0.228 e. The number of rotatable bonds is 27. The minimum absolute atomic E-state index is 0.410. The van der Waals surface area contributed by atoms with Crippen molar-refractivity contribution in [2.45, 2.75) is 180 Å². The van der Waals surface area contributed by atoms with E-state index in [0.29, 0.717) is 12.8 Å². The van der Waals surface area contributed by atoms with Gasteiger partial charge >= 0.3 is 0 Å². The SMILES string of the molecule is [2H]C(CCCCCCCCCCC)O[C@H]1[C@H](O)[C@@H](CO)OC(O/C=C/C)[C@@H]1OC([2H])CCCCCCCCCCC. The zero-order chi connectivity index (χ0) is 30.1. The van der Waals surface area contributed by atoms with Crippen molar-refractivity contribution in [3.05, 3.63) is 12.3 Å². The molecule has 0 aromatic carbocycles. The van der Waals surface area contributed by atoms with E-state index in [4.69, 9.17) is 21.7 Å². The number of hydrogen-bond acceptors (Lipinski definition) is 6. The molecule has 0 amide bonds. The molecule has 1 aliphatic heterocycles. The summed E-state index contributed by atoms with van der Waals surface area (Å²) in [7, 11) is 0. The van der Waals surface area contributed by atoms with Crippen molar-refractivity contribution in [1.29, 1.82) is 0 Å². The molecule has 1 aliphatic rings. The van der Waals surface area contributed by atoms with E-state index in [1.54, 1.807) is 6.08 Å². The second-order valence-corrected chi connectivity index (χ2v) is 11.1. The van der Waals surface area contributed by atoms with Gasteiger partial charge in [0, 0.05) is 13.2 Å². The van der Waals surface area contributed by atoms with Crippen molar-refractivity contribution in [1.82, 2.24) is 0 Å². The molecule has 3 unspecified atom stereocenters. The Morgan fingerprint density at radius 3 is 1.49 bits per heavy atom. The smallest absolute Gasteiger partial charge is 0.228 e. The summed E-state index contributed by atoms with van der Waals surface area (Å²) >= 11 is 0. The van der Waals surface area contributed by atoms with E-state index in [1.807, 2.05) is 6.92 Å². The third kappa shape index (κ3) is 17.7. The maximum absolute atomic E-state index is 11.0. The van der Waals surface area contributed by atoms with Crippen LogP contribution in [-0.2, 0) is 18.9 Å². The first kappa shape index (κ1) is 32.8. The summed E-state index contributed by atoms with van der Waals surface area (Å²) in [4.78, 5) is 0. The zero-order valence-corrected chi connectivity index (χ0v) is 25.6. The predicted octanol–water partition coefficient (Wildman–Crippen LogP) is 8.23. The van der Waals surface area contributed by atoms with Gasteiger partial charge in [-0.2, -0.15) is 0 Å². The third-order valence-electron chi connectivity index (χ3n) is 7.50. The van der Waals surface area contributed by atoms with Gasteiger partial charge in [-0.05, 0) is 19.8 Å². The molecule has 0 spiro atoms. The molecule has 0 aromatic rings. The third-order valence-corrected chi connectivity index (χ3v) is 7.50. The summed E-state index contributed by atoms with van der Waals surface area (Å²) in [6.07, 6.45) is 21.1. The molecule has 1 heterocycles. The molecule has 0 aromatic heterocycles. The van der Waals surface area contributed by atoms with Crippen molar-refractivity contribution in [3.63, 3.8) is 0 Å². The van der Waals surface area contributed by atoms with Gasteiger partial charge in [-0.3, -0.25) is 0 Å². The molecule has 0 radical (unpaired) electrons. The summed E-state index contributed by atoms with van der Waals surface area (Å²) in [5, 5.41) is 20.8. The first-order chi connectivity index (χ1) is 20.0. The molecule has 0 bridgehead atoms. The van der Waals surface area contributed by atoms with Crippen LogP contribution in [0.3, 0.4) is 0 Å². The van der Waals surface area contributed by atoms with Crippen LogP contribution in [0.1, 0.15) is 152 Å². The minimum Gasteiger partial charge on any atom is -0.470 e. The summed E-state index contributed by atoms with van der Waals surface area (Å²) in [6.45, 7) is 4.20. The first-order valence-electron chi connectivity index (χ1n) is 17.5. The highest BCUT2D eigenvalue weighted by Crippen LogP contribution is 2.28. The Kier molecular flexibility index (Phi) is 22.1. The first-order valence-corrected chi connectivity index (χ1v) is 16.3. The van der Waals surface area contributed by atoms with E-state index in [0.717, 1.165) is 32.1 Å². The van der Waals surface area contributed by atoms with Crippen LogP contribution in [0, 0.1) is 0 Å². The van der Waals surface area contributed by atoms with E-state index >= 15 is 0 Å². The summed E-state index contributed by atoms with van der Waals surface area (Å²) in [5.74, 6) is 0. The molecule has 39 heavy (non-hydrogen) atoms. The average molecular weight is 559 g/mol. The summed E-state index contributed by atoms with van der Waals surface area (Å²) in [5.41, 5.74) is 0. The van der Waals surface area contributed by atoms with Gasteiger partial charge in [0.2, 0.25) is 6.29 Å². The standard InChI is InChI=1S/C33H64O6/c1-4-7-9-11-13-15-17-19-21-23-26-36-31-30(35)29(28-34)39-33(38-25-6-3)32(31)37-27-24-22-20-18-16-14-12-10-8-5-2/h6,25,29-35H,4-5,7-24,26-28H2,1-3H3/b25-6+/t29-,30-,31+,32-,33?/m1/s1/i26D,27D/t26?,27?,29-,30-,31+,32-,33?. The van der Waals surface area contributed by atoms with E-state index in [-0.39, 0.29) is 0 Å². The lowest BCUT2D eigenvalue weighted by Crippen LogP contribution is -2.60. The van der Waals surface area contributed by atoms with Crippen LogP contribution in [0.2, 0.25) is 0 Å². The second-order valence-electron chi connectivity index (χ2n) is 11.1. The number of unbranched alkanes of at least 4 members (excludes halogenated alkanes) is 16. The topological polar surface area (TPSA) is 77.4 Å². The van der Waals surface area contributed by atoms with Crippen LogP contribution >= 0.6 is 0 Å². The number of allylic oxidation sites excluding steroid dienone is 1. The molecule has 1 fully saturated rings. The van der Waals surface area contributed by atoms with Crippen molar-refractivity contribution in [2.24, 2.45) is 0 Å². The number of ether oxygens (including phenoxy) is 4. The van der Waals surface area contributed by atoms with Crippen LogP contribution in [0.15, 0.2) is 12.3 Å². The van der Waals surface area contributed by atoms with E-state index in [9.17, 15) is 10.2 Å². The molecule has 6 heteroatoms. The van der Waals surface area contributed by atoms with E-state index < -0.39 is 50.5 Å². The average Bonchev–Trinajstić information content (AvgIpc) is 2.96. The lowest BCUT2D eigenvalue weighted by Gasteiger charge is -2.43. The van der Waals surface area contributed by atoms with Gasteiger partial charge in [0.1, 0.15) is 24.4 Å². The largest absolute Gasteiger partial charge is 0.470 e. The van der Waals surface area contributed by atoms with Gasteiger partial charge < -0.3 is 29.2 Å². The Morgan fingerprint density at radius 1 is 0.667 bits per heavy atom. The fraction of sp³-hybridized carbons (Fsp3) is 0.939. The Hall–Kier alpha value is -0.660. The Bertz CT molecular complexity index is 610. The summed E-state index contributed by atoms with van der Waals surface area (Å²) in [6, 6.07) is 0. The second kappa shape index (κ2) is 26.3. The molecule has 0 aliphatic carbocycles. The van der Waals surface area contributed by atoms with Gasteiger partial charge in [-0.1, -0.05) is 135 Å². The highest BCUT2D eigenvalue weighted by Gasteiger charge is 2.47. The van der Waals surface area contributed by atoms with Crippen LogP contribution in [0.25, 0.3) is 0 Å². The lowest BCUT2D eigenvalue weighted by atomic mass is 9.98. The van der Waals surface area contributed by atoms with Gasteiger partial charge in [0.15, 0.2) is 0 Å². The Morgan fingerprint density at radius 2 is 1.08 bits per heavy atom. The zero-order valence-electron chi connectivity index (χ0n) is 27.6. The van der Waals surface area contributed by atoms with Crippen LogP contribution in [0.5, 0.6) is 0 Å². The van der Waals surface area contributed by atoms with Crippen molar-refractivity contribution >= 4 is 0 Å². The van der Waals surface area contributed by atoms with Gasteiger partial charge in [-0.15, -0.1) is 0 Å². The van der Waals surface area contributed by atoms with Crippen molar-refractivity contribution in [2.75, 3.05) is 19.8 Å². The van der Waals surface area contributed by atoms with Gasteiger partial charge in [0.05, 0.1) is 15.6 Å². The Labute approximate surface area is 244 Å². The predicted molar refractivity (Wildman–Crippen MR) is 161 cm³/mol. The van der Waals surface area contributed by atoms with E-state index in [2.05, 4.69) is 13.8 Å². The highest BCUT2D eigenvalue weighted by atomic mass is 16.7. The molecule has 7 atom stereocenters. The number of aliphatic hydroxyl groups excluding tert-OH is 2. The molecular weight excluding hydrogens is 492 g/mol. The molecular formula is C33H64O6. The minimum atomic E-state index is -1.19. The molecule has 2 N–H and O–H groups in total. The quantitative estimate of drug-likeness (QED) is 0.0781. The van der Waals surface area contributed by atoms with Gasteiger partial charge in [0.25, 0.3) is 0 Å². The molecule has 232 valence electrons. The highest BCUT2D eigenvalue weighted by molar-refractivity contribution is 4.92. The molecule has 1 rings (SSSR count). The Balaban J connectivity index is 2.58. The van der Waals surface area contributed by atoms with E-state index in [1.165, 1.54) is 89.7 Å². The van der Waals surface area contributed by atoms with Gasteiger partial charge in [-0.25, -0.2) is 0 Å². The van der Waals surface area contributed by atoms with Crippen molar-refractivity contribution < 1.29 is 31.9 Å². The molecule has 6 nitrogen and oxygen atoms in total. The normalized spacial score (nSPS) is 25.9. The van der Waals surface area contributed by atoms with Crippen LogP contribution in [0.4, 0.5) is 0 Å². The fourth-order valence-electron chi connectivity index (χ4n) is 5.04. The monoisotopic (exact) mass is 558 g/mol. The maximum atomic E-state index is 11.0. The van der Waals surface area contributed by atoms with Crippen molar-refractivity contribution in [3.8, 4) is 0 Å².